The van der Waals surface area contributed by atoms with E-state index in [0.29, 0.717) is 6.54 Å². The van der Waals surface area contributed by atoms with Gasteiger partial charge in [-0.25, -0.2) is 9.97 Å². The van der Waals surface area contributed by atoms with Crippen LogP contribution in [0.4, 0.5) is 5.82 Å². The van der Waals surface area contributed by atoms with Gasteiger partial charge in [0.15, 0.2) is 0 Å². The summed E-state index contributed by atoms with van der Waals surface area (Å²) in [6.07, 6.45) is 0. The van der Waals surface area contributed by atoms with E-state index in [1.54, 1.807) is 25.6 Å². The molecule has 0 saturated heterocycles. The lowest BCUT2D eigenvalue weighted by atomic mass is 10.0. The van der Waals surface area contributed by atoms with E-state index >= 15 is 0 Å². The van der Waals surface area contributed by atoms with Crippen LogP contribution in [0.1, 0.15) is 17.4 Å². The molecule has 4 aromatic rings. The number of anilines is 1. The Hall–Kier alpha value is -3.16. The van der Waals surface area contributed by atoms with E-state index in [4.69, 9.17) is 14.5 Å². The number of likely N-dealkylation sites (N-methyl/N-ethyl adjacent to an activating group) is 1. The molecule has 0 saturated carbocycles. The van der Waals surface area contributed by atoms with Gasteiger partial charge in [-0.15, -0.1) is 11.3 Å². The molecule has 1 atom stereocenters. The minimum atomic E-state index is 0.175. The first kappa shape index (κ1) is 22.0. The number of ether oxygens (including phenoxy) is 2. The zero-order chi connectivity index (χ0) is 22.7. The van der Waals surface area contributed by atoms with E-state index in [9.17, 15) is 0 Å². The summed E-state index contributed by atoms with van der Waals surface area (Å²) < 4.78 is 10.6. The highest BCUT2D eigenvalue weighted by Gasteiger charge is 2.18. The van der Waals surface area contributed by atoms with E-state index in [-0.39, 0.29) is 6.04 Å². The summed E-state index contributed by atoms with van der Waals surface area (Å²) >= 11 is 1.64. The molecule has 0 bridgehead atoms. The molecule has 0 aliphatic heterocycles. The summed E-state index contributed by atoms with van der Waals surface area (Å²) in [7, 11) is 7.54. The summed E-state index contributed by atoms with van der Waals surface area (Å²) in [6, 6.07) is 16.5. The molecule has 6 nitrogen and oxygen atoms in total. The number of rotatable bonds is 8. The summed E-state index contributed by atoms with van der Waals surface area (Å²) in [5.74, 6) is 3.32. The molecule has 2 aromatic carbocycles. The van der Waals surface area contributed by atoms with E-state index in [0.717, 1.165) is 44.5 Å². The monoisotopic (exact) mass is 448 g/mol. The maximum Gasteiger partial charge on any atom is 0.139 e. The second-order valence-electron chi connectivity index (χ2n) is 7.81. The molecule has 0 fully saturated rings. The predicted molar refractivity (Wildman–Crippen MR) is 132 cm³/mol. The van der Waals surface area contributed by atoms with Crippen molar-refractivity contribution >= 4 is 27.4 Å². The topological polar surface area (TPSA) is 59.5 Å². The van der Waals surface area contributed by atoms with Crippen LogP contribution in [0.2, 0.25) is 0 Å². The van der Waals surface area contributed by atoms with Crippen LogP contribution in [0.5, 0.6) is 11.5 Å². The van der Waals surface area contributed by atoms with Gasteiger partial charge in [-0.05, 0) is 56.4 Å². The van der Waals surface area contributed by atoms with Crippen LogP contribution in [-0.4, -0.2) is 49.7 Å². The molecule has 7 heteroatoms. The van der Waals surface area contributed by atoms with Crippen LogP contribution in [0.25, 0.3) is 21.3 Å². The van der Waals surface area contributed by atoms with Gasteiger partial charge in [0, 0.05) is 17.5 Å². The van der Waals surface area contributed by atoms with Crippen molar-refractivity contribution in [1.29, 1.82) is 0 Å². The van der Waals surface area contributed by atoms with Gasteiger partial charge >= 0.3 is 0 Å². The first-order chi connectivity index (χ1) is 15.5. The quantitative estimate of drug-likeness (QED) is 0.390. The summed E-state index contributed by atoms with van der Waals surface area (Å²) in [5.41, 5.74) is 3.46. The summed E-state index contributed by atoms with van der Waals surface area (Å²) in [4.78, 5) is 12.6. The van der Waals surface area contributed by atoms with Crippen LogP contribution < -0.4 is 14.8 Å². The van der Waals surface area contributed by atoms with E-state index in [1.807, 2.05) is 31.2 Å². The largest absolute Gasteiger partial charge is 0.497 e. The van der Waals surface area contributed by atoms with Crippen LogP contribution in [-0.2, 0) is 0 Å². The van der Waals surface area contributed by atoms with Gasteiger partial charge < -0.3 is 19.7 Å². The predicted octanol–water partition coefficient (Wildman–Crippen LogP) is 5.40. The van der Waals surface area contributed by atoms with E-state index in [2.05, 4.69) is 58.9 Å². The van der Waals surface area contributed by atoms with Gasteiger partial charge in [-0.1, -0.05) is 24.3 Å². The van der Waals surface area contributed by atoms with Crippen molar-refractivity contribution in [3.8, 4) is 22.6 Å². The molecule has 0 radical (unpaired) electrons. The van der Waals surface area contributed by atoms with Gasteiger partial charge in [0.2, 0.25) is 0 Å². The molecule has 0 spiro atoms. The van der Waals surface area contributed by atoms with Crippen molar-refractivity contribution in [3.05, 3.63) is 65.3 Å². The van der Waals surface area contributed by atoms with Gasteiger partial charge in [0.1, 0.15) is 28.0 Å². The lowest BCUT2D eigenvalue weighted by molar-refractivity contribution is 0.311. The number of methoxy groups -OCH3 is 2. The first-order valence-corrected chi connectivity index (χ1v) is 11.3. The molecule has 166 valence electrons. The molecule has 2 aromatic heterocycles. The highest BCUT2D eigenvalue weighted by Crippen LogP contribution is 2.37. The fourth-order valence-electron chi connectivity index (χ4n) is 3.78. The number of hydrogen-bond acceptors (Lipinski definition) is 7. The Morgan fingerprint density at radius 2 is 1.56 bits per heavy atom. The normalized spacial score (nSPS) is 12.2. The fourth-order valence-corrected chi connectivity index (χ4v) is 4.77. The maximum absolute atomic E-state index is 5.31. The van der Waals surface area contributed by atoms with Gasteiger partial charge in [0.25, 0.3) is 0 Å². The molecular formula is C25H28N4O2S. The number of hydrogen-bond donors (Lipinski definition) is 1. The molecule has 0 amide bonds. The average molecular weight is 449 g/mol. The third-order valence-electron chi connectivity index (χ3n) is 5.53. The lowest BCUT2D eigenvalue weighted by Crippen LogP contribution is -2.27. The number of nitrogens with zero attached hydrogens (tertiary/aromatic N) is 3. The molecule has 1 N–H and O–H groups in total. The van der Waals surface area contributed by atoms with Crippen LogP contribution >= 0.6 is 11.3 Å². The number of nitrogens with one attached hydrogen (secondary N) is 1. The number of benzene rings is 2. The molecule has 1 unspecified atom stereocenters. The Kier molecular flexibility index (Phi) is 6.58. The Balaban J connectivity index is 1.67. The Morgan fingerprint density at radius 3 is 2.16 bits per heavy atom. The van der Waals surface area contributed by atoms with E-state index < -0.39 is 0 Å². The molecule has 32 heavy (non-hydrogen) atoms. The van der Waals surface area contributed by atoms with E-state index in [1.165, 1.54) is 5.56 Å². The Morgan fingerprint density at radius 1 is 0.938 bits per heavy atom. The van der Waals surface area contributed by atoms with Crippen LogP contribution in [0.3, 0.4) is 0 Å². The third-order valence-corrected chi connectivity index (χ3v) is 6.41. The van der Waals surface area contributed by atoms with Crippen molar-refractivity contribution < 1.29 is 9.47 Å². The molecule has 0 aliphatic rings. The second kappa shape index (κ2) is 9.54. The minimum Gasteiger partial charge on any atom is -0.497 e. The average Bonchev–Trinajstić information content (AvgIpc) is 3.23. The van der Waals surface area contributed by atoms with Crippen molar-refractivity contribution in [2.45, 2.75) is 13.0 Å². The van der Waals surface area contributed by atoms with Gasteiger partial charge in [0.05, 0.1) is 25.6 Å². The highest BCUT2D eigenvalue weighted by atomic mass is 32.1. The number of aromatic nitrogens is 2. The Bertz CT molecular complexity index is 1190. The molecular weight excluding hydrogens is 420 g/mol. The maximum atomic E-state index is 5.31. The molecule has 2 heterocycles. The third kappa shape index (κ3) is 4.54. The molecule has 0 aliphatic carbocycles. The SMILES string of the molecule is COc1ccc(-c2csc3nc(C)nc(NCC(c4ccc(OC)cc4)N(C)C)c23)cc1. The Labute approximate surface area is 192 Å². The van der Waals surface area contributed by atoms with Gasteiger partial charge in [-0.3, -0.25) is 0 Å². The highest BCUT2D eigenvalue weighted by molar-refractivity contribution is 7.17. The van der Waals surface area contributed by atoms with Gasteiger partial charge in [-0.2, -0.15) is 0 Å². The van der Waals surface area contributed by atoms with Crippen molar-refractivity contribution in [2.75, 3.05) is 40.2 Å². The number of fused-ring (bicyclic) bond motifs is 1. The number of thiophene rings is 1. The van der Waals surface area contributed by atoms with Crippen LogP contribution in [0.15, 0.2) is 53.9 Å². The van der Waals surface area contributed by atoms with Crippen molar-refractivity contribution in [1.82, 2.24) is 14.9 Å². The molecule has 4 rings (SSSR count). The summed E-state index contributed by atoms with van der Waals surface area (Å²) in [5, 5.41) is 6.82. The van der Waals surface area contributed by atoms with Crippen LogP contribution in [0, 0.1) is 6.92 Å². The zero-order valence-electron chi connectivity index (χ0n) is 19.0. The number of aryl methyl sites for hydroxylation is 1. The lowest BCUT2D eigenvalue weighted by Gasteiger charge is -2.25. The summed E-state index contributed by atoms with van der Waals surface area (Å²) in [6.45, 7) is 2.65. The zero-order valence-corrected chi connectivity index (χ0v) is 19.9. The fraction of sp³-hybridized carbons (Fsp3) is 0.280. The first-order valence-electron chi connectivity index (χ1n) is 10.4. The van der Waals surface area contributed by atoms with Crippen molar-refractivity contribution in [2.24, 2.45) is 0 Å². The standard InChI is InChI=1S/C25H28N4O2S/c1-16-27-24(26-14-22(29(2)3)18-8-12-20(31-5)13-9-18)23-21(15-32-25(23)28-16)17-6-10-19(30-4)11-7-17/h6-13,15,22H,14H2,1-5H3,(H,26,27,28). The second-order valence-corrected chi connectivity index (χ2v) is 8.67. The minimum absolute atomic E-state index is 0.175. The smallest absolute Gasteiger partial charge is 0.139 e. The van der Waals surface area contributed by atoms with Crippen molar-refractivity contribution in [3.63, 3.8) is 0 Å².